The van der Waals surface area contributed by atoms with Crippen molar-refractivity contribution in [1.29, 1.82) is 0 Å². The van der Waals surface area contributed by atoms with Gasteiger partial charge in [0.15, 0.2) is 0 Å². The zero-order chi connectivity index (χ0) is 22.0. The Kier molecular flexibility index (Phi) is 4.21. The molecule has 0 atom stereocenters. The van der Waals surface area contributed by atoms with Crippen LogP contribution in [0.2, 0.25) is 0 Å². The fourth-order valence-corrected chi connectivity index (χ4v) is 5.25. The number of pyridine rings is 1. The summed E-state index contributed by atoms with van der Waals surface area (Å²) >= 11 is 0. The highest BCUT2D eigenvalue weighted by atomic mass is 32.2. The van der Waals surface area contributed by atoms with Gasteiger partial charge in [-0.2, -0.15) is 5.10 Å². The zero-order valence-corrected chi connectivity index (χ0v) is 17.9. The molecule has 31 heavy (non-hydrogen) atoms. The predicted octanol–water partition coefficient (Wildman–Crippen LogP) is 1.23. The topological polar surface area (TPSA) is 107 Å². The summed E-state index contributed by atoms with van der Waals surface area (Å²) in [6.45, 7) is 1.88. The maximum Gasteiger partial charge on any atom is 0.331 e. The number of aryl methyl sites for hydroxylation is 1. The van der Waals surface area contributed by atoms with E-state index in [2.05, 4.69) is 9.82 Å². The molecule has 1 N–H and O–H groups in total. The van der Waals surface area contributed by atoms with Gasteiger partial charge in [-0.05, 0) is 50.1 Å². The van der Waals surface area contributed by atoms with Crippen LogP contribution in [0.4, 0.5) is 0 Å². The second-order valence-corrected chi connectivity index (χ2v) is 9.96. The second-order valence-electron chi connectivity index (χ2n) is 8.28. The summed E-state index contributed by atoms with van der Waals surface area (Å²) < 4.78 is 32.4. The van der Waals surface area contributed by atoms with Gasteiger partial charge in [0.05, 0.1) is 34.1 Å². The largest absolute Gasteiger partial charge is 0.331 e. The maximum absolute atomic E-state index is 13.2. The summed E-state index contributed by atoms with van der Waals surface area (Å²) in [5.41, 5.74) is 0.430. The van der Waals surface area contributed by atoms with E-state index in [-0.39, 0.29) is 16.8 Å². The summed E-state index contributed by atoms with van der Waals surface area (Å²) in [7, 11) is -2.21. The molecule has 0 saturated heterocycles. The van der Waals surface area contributed by atoms with Crippen LogP contribution in [0.25, 0.3) is 16.4 Å². The van der Waals surface area contributed by atoms with Gasteiger partial charge < -0.3 is 0 Å². The van der Waals surface area contributed by atoms with E-state index in [1.54, 1.807) is 24.0 Å². The number of nitrogens with one attached hydrogen (secondary N) is 1. The molecule has 1 aliphatic carbocycles. The van der Waals surface area contributed by atoms with Crippen molar-refractivity contribution < 1.29 is 8.42 Å². The first-order valence-corrected chi connectivity index (χ1v) is 11.4. The van der Waals surface area contributed by atoms with Crippen LogP contribution in [0, 0.1) is 0 Å². The van der Waals surface area contributed by atoms with Gasteiger partial charge in [0.25, 0.3) is 5.56 Å². The van der Waals surface area contributed by atoms with Crippen LogP contribution in [0.5, 0.6) is 0 Å². The van der Waals surface area contributed by atoms with Crippen LogP contribution in [0.1, 0.15) is 25.3 Å². The molecule has 10 heteroatoms. The molecule has 1 fully saturated rings. The summed E-state index contributed by atoms with van der Waals surface area (Å²) in [4.78, 5) is 26.2. The number of rotatable bonds is 5. The molecule has 1 aliphatic rings. The number of benzene rings is 1. The van der Waals surface area contributed by atoms with Gasteiger partial charge in [-0.3, -0.25) is 13.9 Å². The first-order chi connectivity index (χ1) is 14.7. The number of fused-ring (bicyclic) bond motifs is 2. The van der Waals surface area contributed by atoms with Crippen molar-refractivity contribution in [3.05, 3.63) is 75.2 Å². The highest BCUT2D eigenvalue weighted by Crippen LogP contribution is 2.36. The van der Waals surface area contributed by atoms with Gasteiger partial charge in [-0.1, -0.05) is 6.07 Å². The monoisotopic (exact) mass is 439 g/mol. The van der Waals surface area contributed by atoms with Gasteiger partial charge >= 0.3 is 5.69 Å². The van der Waals surface area contributed by atoms with Crippen molar-refractivity contribution in [1.82, 2.24) is 23.5 Å². The van der Waals surface area contributed by atoms with Crippen LogP contribution in [-0.4, -0.2) is 32.7 Å². The summed E-state index contributed by atoms with van der Waals surface area (Å²) in [6.07, 6.45) is 4.96. The third-order valence-corrected chi connectivity index (χ3v) is 7.48. The molecule has 1 saturated carbocycles. The second kappa shape index (κ2) is 6.63. The molecule has 0 radical (unpaired) electrons. The zero-order valence-electron chi connectivity index (χ0n) is 17.1. The Bertz CT molecular complexity index is 1580. The van der Waals surface area contributed by atoms with Crippen LogP contribution in [0.3, 0.4) is 0 Å². The molecule has 0 bridgehead atoms. The molecule has 3 aromatic heterocycles. The Labute approximate surface area is 177 Å². The first-order valence-electron chi connectivity index (χ1n) is 9.87. The Morgan fingerprint density at radius 1 is 1.13 bits per heavy atom. The highest BCUT2D eigenvalue weighted by molar-refractivity contribution is 7.89. The van der Waals surface area contributed by atoms with E-state index in [0.29, 0.717) is 11.1 Å². The van der Waals surface area contributed by atoms with Gasteiger partial charge in [-0.25, -0.2) is 22.4 Å². The van der Waals surface area contributed by atoms with Crippen molar-refractivity contribution in [3.8, 4) is 0 Å². The third kappa shape index (κ3) is 3.28. The molecule has 0 amide bonds. The lowest BCUT2D eigenvalue weighted by Gasteiger charge is -2.14. The molecular weight excluding hydrogens is 418 g/mol. The van der Waals surface area contributed by atoms with E-state index >= 15 is 0 Å². The fourth-order valence-electron chi connectivity index (χ4n) is 3.75. The maximum atomic E-state index is 13.2. The quantitative estimate of drug-likeness (QED) is 0.503. The van der Waals surface area contributed by atoms with Gasteiger partial charge in [0.2, 0.25) is 10.0 Å². The molecule has 0 spiro atoms. The van der Waals surface area contributed by atoms with Crippen molar-refractivity contribution in [2.45, 2.75) is 36.7 Å². The van der Waals surface area contributed by atoms with E-state index in [1.165, 1.54) is 22.8 Å². The van der Waals surface area contributed by atoms with Crippen LogP contribution in [0.15, 0.2) is 63.3 Å². The van der Waals surface area contributed by atoms with Crippen LogP contribution in [-0.2, 0) is 23.6 Å². The average molecular weight is 439 g/mol. The highest BCUT2D eigenvalue weighted by Gasteiger charge is 2.41. The van der Waals surface area contributed by atoms with Crippen LogP contribution < -0.4 is 16.0 Å². The molecule has 9 nitrogen and oxygen atoms in total. The van der Waals surface area contributed by atoms with Gasteiger partial charge in [0.1, 0.15) is 0 Å². The molecule has 0 aliphatic heterocycles. The minimum atomic E-state index is -3.78. The average Bonchev–Trinajstić information content (AvgIpc) is 3.32. The Balaban J connectivity index is 1.65. The van der Waals surface area contributed by atoms with E-state index < -0.39 is 26.8 Å². The van der Waals surface area contributed by atoms with Crippen molar-refractivity contribution in [2.24, 2.45) is 7.05 Å². The fraction of sp³-hybridized carbons (Fsp3) is 0.286. The van der Waals surface area contributed by atoms with Crippen molar-refractivity contribution in [2.75, 3.05) is 0 Å². The summed E-state index contributed by atoms with van der Waals surface area (Å²) in [6, 6.07) is 9.81. The molecule has 0 unspecified atom stereocenters. The Hall–Kier alpha value is -3.24. The lowest BCUT2D eigenvalue weighted by Crippen LogP contribution is -2.39. The molecule has 160 valence electrons. The number of hydrogen-bond acceptors (Lipinski definition) is 5. The minimum absolute atomic E-state index is 0.00593. The number of nitrogens with zero attached hydrogens (tertiary/aromatic N) is 4. The number of aromatic nitrogens is 4. The smallest absolute Gasteiger partial charge is 0.296 e. The Morgan fingerprint density at radius 2 is 1.90 bits per heavy atom. The van der Waals surface area contributed by atoms with E-state index in [9.17, 15) is 18.0 Å². The Morgan fingerprint density at radius 3 is 2.65 bits per heavy atom. The normalized spacial score (nSPS) is 15.5. The van der Waals surface area contributed by atoms with E-state index in [0.717, 1.165) is 22.9 Å². The van der Waals surface area contributed by atoms with Crippen molar-refractivity contribution >= 4 is 26.4 Å². The molecule has 5 rings (SSSR count). The van der Waals surface area contributed by atoms with E-state index in [4.69, 9.17) is 0 Å². The van der Waals surface area contributed by atoms with E-state index in [1.807, 2.05) is 25.1 Å². The molecule has 4 aromatic rings. The standard InChI is InChI=1S/C21H21N5O4S/c1-21(8-9-21)23-31(29,30)15-6-7-18-16(11-15)19(27)25(20(28)24(18)2)13-14-12-22-26-10-4-3-5-17(14)26/h3-7,10-12,23H,8-9,13H2,1-2H3. The molecule has 3 heterocycles. The van der Waals surface area contributed by atoms with Crippen molar-refractivity contribution in [3.63, 3.8) is 0 Å². The lowest BCUT2D eigenvalue weighted by molar-refractivity contribution is 0.558. The first kappa shape index (κ1) is 19.7. The lowest BCUT2D eigenvalue weighted by atomic mass is 10.2. The number of sulfonamides is 1. The molecular formula is C21H21N5O4S. The van der Waals surface area contributed by atoms with Gasteiger partial charge in [0, 0.05) is 24.3 Å². The molecule has 1 aromatic carbocycles. The summed E-state index contributed by atoms with van der Waals surface area (Å²) in [5.74, 6) is 0. The summed E-state index contributed by atoms with van der Waals surface area (Å²) in [5, 5.41) is 4.42. The van der Waals surface area contributed by atoms with Crippen LogP contribution >= 0.6 is 0 Å². The SMILES string of the molecule is Cn1c(=O)n(Cc2cnn3ccccc23)c(=O)c2cc(S(=O)(=O)NC3(C)CC3)ccc21. The predicted molar refractivity (Wildman–Crippen MR) is 116 cm³/mol. The minimum Gasteiger partial charge on any atom is -0.296 e. The van der Waals surface area contributed by atoms with Gasteiger partial charge in [-0.15, -0.1) is 0 Å². The third-order valence-electron chi connectivity index (χ3n) is 5.85. The number of hydrogen-bond donors (Lipinski definition) is 1.